The number of anilines is 1. The lowest BCUT2D eigenvalue weighted by Gasteiger charge is -2.26. The van der Waals surface area contributed by atoms with Crippen molar-refractivity contribution in [2.24, 2.45) is 0 Å². The first-order chi connectivity index (χ1) is 17.4. The van der Waals surface area contributed by atoms with E-state index in [1.165, 1.54) is 6.08 Å². The SMILES string of the molecule is CCCOc1ccc(N2C(=O)NC(=O)/C(=C/c3ccc(OCc4ccccc4Br)c(Br)c3)C2=O)cc1. The fourth-order valence-electron chi connectivity index (χ4n) is 3.46. The molecule has 0 aromatic heterocycles. The van der Waals surface area contributed by atoms with Crippen LogP contribution in [0, 0.1) is 0 Å². The smallest absolute Gasteiger partial charge is 0.335 e. The first-order valence-electron chi connectivity index (χ1n) is 11.2. The highest BCUT2D eigenvalue weighted by molar-refractivity contribution is 9.10. The average molecular weight is 614 g/mol. The van der Waals surface area contributed by atoms with Gasteiger partial charge in [-0.05, 0) is 76.5 Å². The molecule has 1 aliphatic rings. The lowest BCUT2D eigenvalue weighted by Crippen LogP contribution is -2.54. The molecule has 0 atom stereocenters. The van der Waals surface area contributed by atoms with E-state index < -0.39 is 17.8 Å². The Hall–Kier alpha value is -3.43. The number of benzene rings is 3. The van der Waals surface area contributed by atoms with Crippen LogP contribution in [0.3, 0.4) is 0 Å². The van der Waals surface area contributed by atoms with E-state index in [0.29, 0.717) is 40.4 Å². The maximum atomic E-state index is 13.2. The molecule has 4 amide bonds. The largest absolute Gasteiger partial charge is 0.494 e. The van der Waals surface area contributed by atoms with E-state index in [-0.39, 0.29) is 5.57 Å². The molecule has 0 radical (unpaired) electrons. The molecule has 3 aromatic rings. The molecule has 3 aromatic carbocycles. The van der Waals surface area contributed by atoms with E-state index in [9.17, 15) is 14.4 Å². The van der Waals surface area contributed by atoms with Crippen molar-refractivity contribution in [2.75, 3.05) is 11.5 Å². The van der Waals surface area contributed by atoms with Gasteiger partial charge in [-0.3, -0.25) is 14.9 Å². The van der Waals surface area contributed by atoms with Crippen molar-refractivity contribution in [2.45, 2.75) is 20.0 Å². The summed E-state index contributed by atoms with van der Waals surface area (Å²) in [7, 11) is 0. The fraction of sp³-hybridized carbons (Fsp3) is 0.148. The zero-order valence-corrected chi connectivity index (χ0v) is 22.5. The second-order valence-electron chi connectivity index (χ2n) is 7.87. The van der Waals surface area contributed by atoms with Gasteiger partial charge in [0, 0.05) is 10.0 Å². The van der Waals surface area contributed by atoms with Crippen molar-refractivity contribution in [1.82, 2.24) is 5.32 Å². The van der Waals surface area contributed by atoms with Crippen LogP contribution >= 0.6 is 31.9 Å². The standard InChI is InChI=1S/C27H22Br2N2O5/c1-2-13-35-20-10-8-19(9-11-20)31-26(33)21(25(32)30-27(31)34)14-17-7-12-24(23(29)15-17)36-16-18-5-3-4-6-22(18)28/h3-12,14-15H,2,13,16H2,1H3,(H,30,32,34)/b21-14-. The van der Waals surface area contributed by atoms with Crippen LogP contribution in [0.25, 0.3) is 6.08 Å². The topological polar surface area (TPSA) is 84.9 Å². The Morgan fingerprint density at radius 1 is 0.917 bits per heavy atom. The number of carbonyl (C=O) groups excluding carboxylic acids is 3. The minimum absolute atomic E-state index is 0.158. The third-order valence-corrected chi connectivity index (χ3v) is 6.67. The highest BCUT2D eigenvalue weighted by Gasteiger charge is 2.36. The molecule has 1 fully saturated rings. The molecule has 9 heteroatoms. The molecule has 0 aliphatic carbocycles. The average Bonchev–Trinajstić information content (AvgIpc) is 2.86. The second kappa shape index (κ2) is 11.5. The molecule has 1 aliphatic heterocycles. The molecule has 36 heavy (non-hydrogen) atoms. The number of nitrogens with zero attached hydrogens (tertiary/aromatic N) is 1. The van der Waals surface area contributed by atoms with E-state index in [4.69, 9.17) is 9.47 Å². The van der Waals surface area contributed by atoms with E-state index in [1.807, 2.05) is 31.2 Å². The van der Waals surface area contributed by atoms with Gasteiger partial charge in [-0.2, -0.15) is 0 Å². The molecule has 1 heterocycles. The molecule has 0 spiro atoms. The maximum absolute atomic E-state index is 13.2. The highest BCUT2D eigenvalue weighted by Crippen LogP contribution is 2.30. The van der Waals surface area contributed by atoms with Gasteiger partial charge < -0.3 is 9.47 Å². The Bertz CT molecular complexity index is 1340. The highest BCUT2D eigenvalue weighted by atomic mass is 79.9. The van der Waals surface area contributed by atoms with Gasteiger partial charge in [0.05, 0.1) is 16.8 Å². The summed E-state index contributed by atoms with van der Waals surface area (Å²) in [5.74, 6) is -0.232. The minimum Gasteiger partial charge on any atom is -0.494 e. The van der Waals surface area contributed by atoms with Crippen LogP contribution in [0.5, 0.6) is 11.5 Å². The Balaban J connectivity index is 1.53. The summed E-state index contributed by atoms with van der Waals surface area (Å²) in [6.45, 7) is 2.92. The zero-order chi connectivity index (χ0) is 25.7. The van der Waals surface area contributed by atoms with Gasteiger partial charge in [-0.15, -0.1) is 0 Å². The molecule has 0 saturated carbocycles. The number of nitrogens with one attached hydrogen (secondary N) is 1. The Labute approximate surface area is 225 Å². The normalized spacial score (nSPS) is 14.7. The number of amides is 4. The number of imide groups is 2. The predicted molar refractivity (Wildman–Crippen MR) is 144 cm³/mol. The molecule has 0 unspecified atom stereocenters. The molecule has 0 bridgehead atoms. The van der Waals surface area contributed by atoms with Crippen LogP contribution < -0.4 is 19.7 Å². The molecular formula is C27H22Br2N2O5. The lowest BCUT2D eigenvalue weighted by atomic mass is 10.1. The predicted octanol–water partition coefficient (Wildman–Crippen LogP) is 6.25. The molecule has 184 valence electrons. The molecule has 7 nitrogen and oxygen atoms in total. The maximum Gasteiger partial charge on any atom is 0.335 e. The van der Waals surface area contributed by atoms with Gasteiger partial charge in [0.1, 0.15) is 23.7 Å². The van der Waals surface area contributed by atoms with E-state index >= 15 is 0 Å². The van der Waals surface area contributed by atoms with Gasteiger partial charge in [0.15, 0.2) is 0 Å². The van der Waals surface area contributed by atoms with Crippen molar-refractivity contribution in [3.05, 3.63) is 92.4 Å². The quantitative estimate of drug-likeness (QED) is 0.240. The minimum atomic E-state index is -0.804. The van der Waals surface area contributed by atoms with Gasteiger partial charge in [0.2, 0.25) is 0 Å². The first kappa shape index (κ1) is 25.7. The molecule has 4 rings (SSSR count). The van der Waals surface area contributed by atoms with Crippen molar-refractivity contribution in [3.63, 3.8) is 0 Å². The van der Waals surface area contributed by atoms with E-state index in [2.05, 4.69) is 37.2 Å². The summed E-state index contributed by atoms with van der Waals surface area (Å²) >= 11 is 6.99. The lowest BCUT2D eigenvalue weighted by molar-refractivity contribution is -0.122. The molecule has 1 N–H and O–H groups in total. The van der Waals surface area contributed by atoms with Gasteiger partial charge in [-0.25, -0.2) is 9.69 Å². The van der Waals surface area contributed by atoms with Crippen molar-refractivity contribution >= 4 is 61.5 Å². The molecular weight excluding hydrogens is 592 g/mol. The van der Waals surface area contributed by atoms with Crippen LogP contribution in [-0.2, 0) is 16.2 Å². The van der Waals surface area contributed by atoms with Crippen LogP contribution in [-0.4, -0.2) is 24.5 Å². The number of hydrogen-bond acceptors (Lipinski definition) is 5. The summed E-state index contributed by atoms with van der Waals surface area (Å²) < 4.78 is 13.1. The van der Waals surface area contributed by atoms with E-state index in [1.54, 1.807) is 42.5 Å². The summed E-state index contributed by atoms with van der Waals surface area (Å²) in [6, 6.07) is 18.7. The molecule has 1 saturated heterocycles. The van der Waals surface area contributed by atoms with E-state index in [0.717, 1.165) is 21.4 Å². The Kier molecular flexibility index (Phi) is 8.22. The first-order valence-corrected chi connectivity index (χ1v) is 12.8. The summed E-state index contributed by atoms with van der Waals surface area (Å²) in [5, 5.41) is 2.23. The third-order valence-electron chi connectivity index (χ3n) is 5.28. The number of barbiturate groups is 1. The second-order valence-corrected chi connectivity index (χ2v) is 9.58. The summed E-state index contributed by atoms with van der Waals surface area (Å²) in [4.78, 5) is 39.1. The van der Waals surface area contributed by atoms with Gasteiger partial charge >= 0.3 is 6.03 Å². The Morgan fingerprint density at radius 3 is 2.36 bits per heavy atom. The van der Waals surface area contributed by atoms with Crippen LogP contribution in [0.1, 0.15) is 24.5 Å². The van der Waals surface area contributed by atoms with Crippen LogP contribution in [0.15, 0.2) is 81.2 Å². The monoisotopic (exact) mass is 612 g/mol. The zero-order valence-electron chi connectivity index (χ0n) is 19.3. The fourth-order valence-corrected chi connectivity index (χ4v) is 4.38. The van der Waals surface area contributed by atoms with Crippen molar-refractivity contribution in [1.29, 1.82) is 0 Å². The number of hydrogen-bond donors (Lipinski definition) is 1. The van der Waals surface area contributed by atoms with Crippen molar-refractivity contribution in [3.8, 4) is 11.5 Å². The van der Waals surface area contributed by atoms with Gasteiger partial charge in [-0.1, -0.05) is 47.1 Å². The van der Waals surface area contributed by atoms with Gasteiger partial charge in [0.25, 0.3) is 11.8 Å². The third kappa shape index (κ3) is 5.85. The summed E-state index contributed by atoms with van der Waals surface area (Å²) in [5.41, 5.74) is 1.76. The summed E-state index contributed by atoms with van der Waals surface area (Å²) in [6.07, 6.45) is 2.30. The number of carbonyl (C=O) groups is 3. The van der Waals surface area contributed by atoms with Crippen LogP contribution in [0.4, 0.5) is 10.5 Å². The number of ether oxygens (including phenoxy) is 2. The van der Waals surface area contributed by atoms with Crippen LogP contribution in [0.2, 0.25) is 0 Å². The number of rotatable bonds is 8. The number of urea groups is 1. The van der Waals surface area contributed by atoms with Crippen molar-refractivity contribution < 1.29 is 23.9 Å². The Morgan fingerprint density at radius 2 is 1.67 bits per heavy atom. The number of halogens is 2.